The molecule has 22 heavy (non-hydrogen) atoms. The summed E-state index contributed by atoms with van der Waals surface area (Å²) in [5, 5.41) is 2.78. The van der Waals surface area contributed by atoms with Crippen LogP contribution < -0.4 is 10.1 Å². The van der Waals surface area contributed by atoms with Crippen molar-refractivity contribution < 1.29 is 19.1 Å². The van der Waals surface area contributed by atoms with Crippen molar-refractivity contribution in [3.8, 4) is 5.75 Å². The third-order valence-electron chi connectivity index (χ3n) is 3.48. The fourth-order valence-corrected chi connectivity index (χ4v) is 2.41. The van der Waals surface area contributed by atoms with E-state index in [1.54, 1.807) is 11.8 Å². The number of piperidine rings is 1. The number of likely N-dealkylation sites (tertiary alicyclic amines) is 1. The van der Waals surface area contributed by atoms with Crippen molar-refractivity contribution in [3.63, 3.8) is 0 Å². The molecule has 1 aliphatic rings. The molecule has 1 heterocycles. The number of ether oxygens (including phenoxy) is 2. The minimum Gasteiger partial charge on any atom is -0.484 e. The normalized spacial score (nSPS) is 17.7. The molecule has 1 atom stereocenters. The molecule has 6 nitrogen and oxygen atoms in total. The zero-order valence-electron chi connectivity index (χ0n) is 12.8. The number of rotatable bonds is 5. The molecule has 0 aromatic heterocycles. The number of amides is 2. The number of benzene rings is 1. The summed E-state index contributed by atoms with van der Waals surface area (Å²) in [7, 11) is 0. The second kappa shape index (κ2) is 8.26. The number of hydrogen-bond acceptors (Lipinski definition) is 4. The van der Waals surface area contributed by atoms with Crippen LogP contribution in [0.15, 0.2) is 30.3 Å². The van der Waals surface area contributed by atoms with Crippen LogP contribution >= 0.6 is 0 Å². The van der Waals surface area contributed by atoms with Gasteiger partial charge in [-0.1, -0.05) is 18.2 Å². The van der Waals surface area contributed by atoms with Gasteiger partial charge in [0.15, 0.2) is 6.61 Å². The Bertz CT molecular complexity index is 492. The Morgan fingerprint density at radius 3 is 2.82 bits per heavy atom. The first-order chi connectivity index (χ1) is 10.7. The molecule has 0 radical (unpaired) electrons. The first kappa shape index (κ1) is 16.1. The van der Waals surface area contributed by atoms with Crippen LogP contribution in [0.2, 0.25) is 0 Å². The Balaban J connectivity index is 1.78. The maximum absolute atomic E-state index is 12.2. The Morgan fingerprint density at radius 1 is 1.32 bits per heavy atom. The lowest BCUT2D eigenvalue weighted by atomic mass is 10.1. The summed E-state index contributed by atoms with van der Waals surface area (Å²) in [6.07, 6.45) is 1.28. The molecule has 1 aromatic rings. The van der Waals surface area contributed by atoms with Crippen molar-refractivity contribution in [1.82, 2.24) is 10.2 Å². The summed E-state index contributed by atoms with van der Waals surface area (Å²) >= 11 is 0. The van der Waals surface area contributed by atoms with Crippen LogP contribution in [0, 0.1) is 0 Å². The second-order valence-corrected chi connectivity index (χ2v) is 5.15. The van der Waals surface area contributed by atoms with Gasteiger partial charge in [0.2, 0.25) is 0 Å². The van der Waals surface area contributed by atoms with Crippen LogP contribution in [0.5, 0.6) is 5.75 Å². The van der Waals surface area contributed by atoms with E-state index in [1.807, 2.05) is 30.3 Å². The summed E-state index contributed by atoms with van der Waals surface area (Å²) in [6.45, 7) is 3.30. The first-order valence-corrected chi connectivity index (χ1v) is 7.58. The fraction of sp³-hybridized carbons (Fsp3) is 0.500. The van der Waals surface area contributed by atoms with Crippen molar-refractivity contribution in [2.45, 2.75) is 25.8 Å². The average Bonchev–Trinajstić information content (AvgIpc) is 2.54. The molecule has 0 bridgehead atoms. The molecule has 1 saturated heterocycles. The Labute approximate surface area is 130 Å². The topological polar surface area (TPSA) is 67.9 Å². The van der Waals surface area contributed by atoms with E-state index in [-0.39, 0.29) is 18.6 Å². The number of nitrogens with one attached hydrogen (secondary N) is 1. The van der Waals surface area contributed by atoms with E-state index in [4.69, 9.17) is 9.47 Å². The van der Waals surface area contributed by atoms with Gasteiger partial charge in [-0.05, 0) is 31.9 Å². The van der Waals surface area contributed by atoms with Gasteiger partial charge in [0.25, 0.3) is 5.91 Å². The lowest BCUT2D eigenvalue weighted by molar-refractivity contribution is -0.134. The number of alkyl carbamates (subject to hydrolysis) is 1. The highest BCUT2D eigenvalue weighted by Crippen LogP contribution is 2.12. The van der Waals surface area contributed by atoms with E-state index in [0.717, 1.165) is 12.8 Å². The lowest BCUT2D eigenvalue weighted by Crippen LogP contribution is -2.50. The molecular weight excluding hydrogens is 284 g/mol. The number of para-hydroxylation sites is 1. The predicted octanol–water partition coefficient (Wildman–Crippen LogP) is 1.80. The number of hydrogen-bond donors (Lipinski definition) is 1. The summed E-state index contributed by atoms with van der Waals surface area (Å²) in [5.41, 5.74) is 0. The molecule has 1 N–H and O–H groups in total. The Morgan fingerprint density at radius 2 is 2.09 bits per heavy atom. The average molecular weight is 306 g/mol. The SMILES string of the molecule is CCOC(=O)NC1CCCN(C(=O)COc2ccccc2)C1. The number of carbonyl (C=O) groups is 2. The third-order valence-corrected chi connectivity index (χ3v) is 3.48. The highest BCUT2D eigenvalue weighted by Gasteiger charge is 2.25. The van der Waals surface area contributed by atoms with Crippen LogP contribution in [-0.4, -0.2) is 49.2 Å². The van der Waals surface area contributed by atoms with Crippen LogP contribution in [0.25, 0.3) is 0 Å². The highest BCUT2D eigenvalue weighted by atomic mass is 16.5. The van der Waals surface area contributed by atoms with E-state index >= 15 is 0 Å². The summed E-state index contributed by atoms with van der Waals surface area (Å²) in [4.78, 5) is 25.3. The van der Waals surface area contributed by atoms with Crippen LogP contribution in [0.4, 0.5) is 4.79 Å². The molecule has 1 unspecified atom stereocenters. The molecule has 1 aromatic carbocycles. The van der Waals surface area contributed by atoms with Crippen molar-refractivity contribution in [2.75, 3.05) is 26.3 Å². The van der Waals surface area contributed by atoms with E-state index in [0.29, 0.717) is 25.4 Å². The standard InChI is InChI=1S/C16H22N2O4/c1-2-21-16(20)17-13-7-6-10-18(11-13)15(19)12-22-14-8-4-3-5-9-14/h3-5,8-9,13H,2,6-7,10-12H2,1H3,(H,17,20). The Kier molecular flexibility index (Phi) is 6.06. The van der Waals surface area contributed by atoms with Crippen LogP contribution in [0.3, 0.4) is 0 Å². The third kappa shape index (κ3) is 4.95. The van der Waals surface area contributed by atoms with Gasteiger partial charge in [-0.15, -0.1) is 0 Å². The van der Waals surface area contributed by atoms with Gasteiger partial charge in [0, 0.05) is 19.1 Å². The molecule has 0 aliphatic carbocycles. The van der Waals surface area contributed by atoms with E-state index in [1.165, 1.54) is 0 Å². The maximum Gasteiger partial charge on any atom is 0.407 e. The Hall–Kier alpha value is -2.24. The monoisotopic (exact) mass is 306 g/mol. The molecule has 2 rings (SSSR count). The van der Waals surface area contributed by atoms with Crippen molar-refractivity contribution >= 4 is 12.0 Å². The quantitative estimate of drug-likeness (QED) is 0.901. The zero-order valence-corrected chi connectivity index (χ0v) is 12.8. The predicted molar refractivity (Wildman–Crippen MR) is 81.7 cm³/mol. The van der Waals surface area contributed by atoms with Crippen LogP contribution in [-0.2, 0) is 9.53 Å². The fourth-order valence-electron chi connectivity index (χ4n) is 2.41. The van der Waals surface area contributed by atoms with E-state index in [9.17, 15) is 9.59 Å². The van der Waals surface area contributed by atoms with Gasteiger partial charge in [-0.2, -0.15) is 0 Å². The minimum absolute atomic E-state index is 0.0101. The molecule has 2 amide bonds. The van der Waals surface area contributed by atoms with Crippen molar-refractivity contribution in [3.05, 3.63) is 30.3 Å². The first-order valence-electron chi connectivity index (χ1n) is 7.58. The number of carbonyl (C=O) groups excluding carboxylic acids is 2. The van der Waals surface area contributed by atoms with Crippen molar-refractivity contribution in [2.24, 2.45) is 0 Å². The summed E-state index contributed by atoms with van der Waals surface area (Å²) in [5.74, 6) is 0.605. The minimum atomic E-state index is -0.428. The molecular formula is C16H22N2O4. The van der Waals surface area contributed by atoms with Gasteiger partial charge in [0.05, 0.1) is 6.61 Å². The highest BCUT2D eigenvalue weighted by molar-refractivity contribution is 5.78. The molecule has 0 spiro atoms. The van der Waals surface area contributed by atoms with Gasteiger partial charge in [-0.25, -0.2) is 4.79 Å². The molecule has 6 heteroatoms. The number of nitrogens with zero attached hydrogens (tertiary/aromatic N) is 1. The van der Waals surface area contributed by atoms with Gasteiger partial charge >= 0.3 is 6.09 Å². The lowest BCUT2D eigenvalue weighted by Gasteiger charge is -2.32. The molecule has 120 valence electrons. The van der Waals surface area contributed by atoms with Crippen molar-refractivity contribution in [1.29, 1.82) is 0 Å². The van der Waals surface area contributed by atoms with E-state index in [2.05, 4.69) is 5.32 Å². The summed E-state index contributed by atoms with van der Waals surface area (Å²) in [6, 6.07) is 9.18. The van der Waals surface area contributed by atoms with E-state index < -0.39 is 6.09 Å². The zero-order chi connectivity index (χ0) is 15.8. The molecule has 1 fully saturated rings. The molecule has 1 aliphatic heterocycles. The largest absolute Gasteiger partial charge is 0.484 e. The summed E-state index contributed by atoms with van der Waals surface area (Å²) < 4.78 is 10.3. The van der Waals surface area contributed by atoms with Crippen LogP contribution in [0.1, 0.15) is 19.8 Å². The maximum atomic E-state index is 12.2. The second-order valence-electron chi connectivity index (χ2n) is 5.15. The van der Waals surface area contributed by atoms with Gasteiger partial charge in [-0.3, -0.25) is 4.79 Å². The van der Waals surface area contributed by atoms with Gasteiger partial charge in [0.1, 0.15) is 5.75 Å². The smallest absolute Gasteiger partial charge is 0.407 e. The molecule has 0 saturated carbocycles. The van der Waals surface area contributed by atoms with Gasteiger partial charge < -0.3 is 19.7 Å².